The van der Waals surface area contributed by atoms with E-state index in [9.17, 15) is 4.79 Å². The maximum atomic E-state index is 12.3. The summed E-state index contributed by atoms with van der Waals surface area (Å²) in [5.41, 5.74) is 0.955. The van der Waals surface area contributed by atoms with E-state index in [1.807, 2.05) is 24.3 Å². The number of hydrogen-bond donors (Lipinski definition) is 0. The van der Waals surface area contributed by atoms with E-state index in [-0.39, 0.29) is 5.78 Å². The number of carbonyl (C=O) groups excluding carboxylic acids is 1. The number of aromatic nitrogens is 1. The van der Waals surface area contributed by atoms with Gasteiger partial charge in [0, 0.05) is 6.42 Å². The van der Waals surface area contributed by atoms with Gasteiger partial charge < -0.3 is 0 Å². The molecule has 0 N–H and O–H groups in total. The van der Waals surface area contributed by atoms with Crippen molar-refractivity contribution in [3.05, 3.63) is 29.3 Å². The fourth-order valence-corrected chi connectivity index (χ4v) is 3.82. The van der Waals surface area contributed by atoms with Gasteiger partial charge in [-0.3, -0.25) is 4.79 Å². The van der Waals surface area contributed by atoms with Gasteiger partial charge in [-0.1, -0.05) is 50.7 Å². The van der Waals surface area contributed by atoms with E-state index in [0.29, 0.717) is 17.3 Å². The maximum absolute atomic E-state index is 12.3. The molecule has 0 spiro atoms. The minimum absolute atomic E-state index is 0.244. The molecule has 0 radical (unpaired) electrons. The van der Waals surface area contributed by atoms with Crippen LogP contribution in [0.5, 0.6) is 0 Å². The van der Waals surface area contributed by atoms with Crippen LogP contribution in [0.3, 0.4) is 0 Å². The van der Waals surface area contributed by atoms with Crippen molar-refractivity contribution < 1.29 is 4.79 Å². The lowest BCUT2D eigenvalue weighted by Gasteiger charge is -2.11. The SMILES string of the molecule is O=C(CC1CCCCCC1)c1nc2ccccc2s1. The molecule has 0 aliphatic heterocycles. The van der Waals surface area contributed by atoms with Crippen molar-refractivity contribution in [2.75, 3.05) is 0 Å². The Morgan fingerprint density at radius 3 is 2.63 bits per heavy atom. The number of Topliss-reactive ketones (excluding diaryl/α,β-unsaturated/α-hetero) is 1. The highest BCUT2D eigenvalue weighted by Crippen LogP contribution is 2.28. The van der Waals surface area contributed by atoms with Gasteiger partial charge in [-0.25, -0.2) is 4.98 Å². The van der Waals surface area contributed by atoms with Gasteiger partial charge in [0.25, 0.3) is 0 Å². The van der Waals surface area contributed by atoms with Crippen molar-refractivity contribution in [1.29, 1.82) is 0 Å². The number of hydrogen-bond acceptors (Lipinski definition) is 3. The van der Waals surface area contributed by atoms with E-state index in [1.54, 1.807) is 0 Å². The van der Waals surface area contributed by atoms with Crippen LogP contribution in [0.1, 0.15) is 54.7 Å². The molecule has 0 amide bonds. The number of para-hydroxylation sites is 1. The molecular formula is C16H19NOS. The molecule has 0 bridgehead atoms. The van der Waals surface area contributed by atoms with E-state index < -0.39 is 0 Å². The van der Waals surface area contributed by atoms with Crippen LogP contribution in [0.2, 0.25) is 0 Å². The predicted molar refractivity (Wildman–Crippen MR) is 79.8 cm³/mol. The summed E-state index contributed by atoms with van der Waals surface area (Å²) in [5, 5.41) is 0.699. The van der Waals surface area contributed by atoms with Gasteiger partial charge in [0.2, 0.25) is 0 Å². The maximum Gasteiger partial charge on any atom is 0.191 e. The van der Waals surface area contributed by atoms with Crippen molar-refractivity contribution in [3.8, 4) is 0 Å². The second-order valence-corrected chi connectivity index (χ2v) is 6.50. The number of nitrogens with zero attached hydrogens (tertiary/aromatic N) is 1. The molecule has 2 nitrogen and oxygen atoms in total. The molecule has 1 saturated carbocycles. The Morgan fingerprint density at radius 2 is 1.89 bits per heavy atom. The second kappa shape index (κ2) is 5.83. The van der Waals surface area contributed by atoms with Crippen LogP contribution in [-0.4, -0.2) is 10.8 Å². The lowest BCUT2D eigenvalue weighted by molar-refractivity contribution is 0.0957. The lowest BCUT2D eigenvalue weighted by atomic mass is 9.94. The predicted octanol–water partition coefficient (Wildman–Crippen LogP) is 4.84. The third kappa shape index (κ3) is 3.03. The third-order valence-corrected chi connectivity index (χ3v) is 5.06. The summed E-state index contributed by atoms with van der Waals surface area (Å²) < 4.78 is 1.12. The quantitative estimate of drug-likeness (QED) is 0.591. The van der Waals surface area contributed by atoms with Crippen LogP contribution in [0.15, 0.2) is 24.3 Å². The first-order chi connectivity index (χ1) is 9.33. The lowest BCUT2D eigenvalue weighted by Crippen LogP contribution is -2.08. The minimum Gasteiger partial charge on any atom is -0.292 e. The summed E-state index contributed by atoms with van der Waals surface area (Å²) >= 11 is 1.54. The molecule has 1 aliphatic rings. The fourth-order valence-electron chi connectivity index (χ4n) is 2.91. The van der Waals surface area contributed by atoms with Gasteiger partial charge in [0.05, 0.1) is 10.2 Å². The van der Waals surface area contributed by atoms with Crippen molar-refractivity contribution in [2.45, 2.75) is 44.9 Å². The molecule has 1 aliphatic carbocycles. The summed E-state index contributed by atoms with van der Waals surface area (Å²) in [7, 11) is 0. The largest absolute Gasteiger partial charge is 0.292 e. The number of ketones is 1. The van der Waals surface area contributed by atoms with Crippen molar-refractivity contribution in [1.82, 2.24) is 4.98 Å². The van der Waals surface area contributed by atoms with Gasteiger partial charge in [0.15, 0.2) is 10.8 Å². The van der Waals surface area contributed by atoms with E-state index >= 15 is 0 Å². The monoisotopic (exact) mass is 273 g/mol. The molecule has 1 heterocycles. The average Bonchev–Trinajstić information content (AvgIpc) is 2.70. The summed E-state index contributed by atoms with van der Waals surface area (Å²) in [6.45, 7) is 0. The van der Waals surface area contributed by atoms with Crippen LogP contribution in [-0.2, 0) is 0 Å². The van der Waals surface area contributed by atoms with Gasteiger partial charge in [0.1, 0.15) is 0 Å². The molecule has 1 aromatic heterocycles. The van der Waals surface area contributed by atoms with E-state index in [2.05, 4.69) is 4.98 Å². The molecule has 3 heteroatoms. The van der Waals surface area contributed by atoms with Gasteiger partial charge in [-0.05, 0) is 18.1 Å². The molecule has 1 fully saturated rings. The Morgan fingerprint density at radius 1 is 1.16 bits per heavy atom. The van der Waals surface area contributed by atoms with Crippen LogP contribution >= 0.6 is 11.3 Å². The Hall–Kier alpha value is -1.22. The van der Waals surface area contributed by atoms with Crippen LogP contribution in [0.4, 0.5) is 0 Å². The highest BCUT2D eigenvalue weighted by atomic mass is 32.1. The first-order valence-corrected chi connectivity index (χ1v) is 8.03. The molecular weight excluding hydrogens is 254 g/mol. The first kappa shape index (κ1) is 12.8. The van der Waals surface area contributed by atoms with Crippen molar-refractivity contribution >= 4 is 27.3 Å². The summed E-state index contributed by atoms with van der Waals surface area (Å²) in [5.74, 6) is 0.829. The smallest absolute Gasteiger partial charge is 0.191 e. The van der Waals surface area contributed by atoms with Crippen LogP contribution < -0.4 is 0 Å². The molecule has 2 aromatic rings. The molecule has 100 valence electrons. The summed E-state index contributed by atoms with van der Waals surface area (Å²) in [6, 6.07) is 7.99. The van der Waals surface area contributed by atoms with Crippen LogP contribution in [0.25, 0.3) is 10.2 Å². The average molecular weight is 273 g/mol. The second-order valence-electron chi connectivity index (χ2n) is 5.47. The molecule has 3 rings (SSSR count). The van der Waals surface area contributed by atoms with E-state index in [4.69, 9.17) is 0 Å². The van der Waals surface area contributed by atoms with E-state index in [0.717, 1.165) is 10.2 Å². The number of benzene rings is 1. The number of carbonyl (C=O) groups is 1. The first-order valence-electron chi connectivity index (χ1n) is 7.22. The highest BCUT2D eigenvalue weighted by Gasteiger charge is 2.19. The van der Waals surface area contributed by atoms with Crippen molar-refractivity contribution in [3.63, 3.8) is 0 Å². The zero-order valence-electron chi connectivity index (χ0n) is 11.1. The standard InChI is InChI=1S/C16H19NOS/c18-14(11-12-7-3-1-2-4-8-12)16-17-13-9-5-6-10-15(13)19-16/h5-6,9-10,12H,1-4,7-8,11H2. The normalized spacial score (nSPS) is 17.5. The van der Waals surface area contributed by atoms with Crippen molar-refractivity contribution in [2.24, 2.45) is 5.92 Å². The zero-order chi connectivity index (χ0) is 13.1. The summed E-state index contributed by atoms with van der Waals surface area (Å²) in [6.07, 6.45) is 8.39. The number of fused-ring (bicyclic) bond motifs is 1. The molecule has 19 heavy (non-hydrogen) atoms. The summed E-state index contributed by atoms with van der Waals surface area (Å²) in [4.78, 5) is 16.8. The van der Waals surface area contributed by atoms with Gasteiger partial charge in [-0.15, -0.1) is 11.3 Å². The van der Waals surface area contributed by atoms with E-state index in [1.165, 1.54) is 49.9 Å². The Labute approximate surface area is 117 Å². The number of thiazole rings is 1. The molecule has 0 atom stereocenters. The molecule has 0 unspecified atom stereocenters. The third-order valence-electron chi connectivity index (χ3n) is 3.98. The van der Waals surface area contributed by atoms with Gasteiger partial charge in [-0.2, -0.15) is 0 Å². The topological polar surface area (TPSA) is 30.0 Å². The Balaban J connectivity index is 1.72. The molecule has 1 aromatic carbocycles. The Kier molecular flexibility index (Phi) is 3.92. The minimum atomic E-state index is 0.244. The molecule has 0 saturated heterocycles. The Bertz CT molecular complexity index is 534. The highest BCUT2D eigenvalue weighted by molar-refractivity contribution is 7.20. The van der Waals surface area contributed by atoms with Gasteiger partial charge >= 0.3 is 0 Å². The van der Waals surface area contributed by atoms with Crippen LogP contribution in [0, 0.1) is 5.92 Å². The number of rotatable bonds is 3. The zero-order valence-corrected chi connectivity index (χ0v) is 11.9. The fraction of sp³-hybridized carbons (Fsp3) is 0.500.